The third-order valence-corrected chi connectivity index (χ3v) is 5.25. The van der Waals surface area contributed by atoms with Crippen molar-refractivity contribution in [2.24, 2.45) is 5.10 Å². The molecule has 3 aromatic rings. The molecule has 3 N–H and O–H groups in total. The number of rotatable bonds is 6. The molecular weight excluding hydrogens is 530 g/mol. The number of nitrogens with zero attached hydrogens (tertiary/aromatic N) is 1. The number of carbonyl (C=O) groups excluding carboxylic acids is 2. The van der Waals surface area contributed by atoms with E-state index in [0.29, 0.717) is 32.6 Å². The number of phenols is 1. The van der Waals surface area contributed by atoms with Crippen LogP contribution in [0, 0.1) is 0 Å². The van der Waals surface area contributed by atoms with Crippen molar-refractivity contribution >= 4 is 55.6 Å². The van der Waals surface area contributed by atoms with Crippen LogP contribution in [0.15, 0.2) is 74.7 Å². The van der Waals surface area contributed by atoms with Crippen molar-refractivity contribution < 1.29 is 19.4 Å². The standard InChI is InChI=1S/C22H17Br2N3O4/c1-31-18-8-4-13(5-9-18)21(29)26-17-6-2-14(3-7-17)22(30)27-25-12-15-10-16(23)11-19(24)20(15)28/h2-12,28H,1H3,(H,26,29)(H,27,30)/b25-12+. The molecule has 3 aromatic carbocycles. The van der Waals surface area contributed by atoms with Crippen LogP contribution >= 0.6 is 31.9 Å². The number of aromatic hydroxyl groups is 1. The fourth-order valence-corrected chi connectivity index (χ4v) is 3.82. The Morgan fingerprint density at radius 1 is 0.968 bits per heavy atom. The summed E-state index contributed by atoms with van der Waals surface area (Å²) in [6, 6.07) is 16.5. The maximum atomic E-state index is 12.3. The van der Waals surface area contributed by atoms with Crippen LogP contribution in [0.4, 0.5) is 5.69 Å². The normalized spacial score (nSPS) is 10.7. The molecule has 3 rings (SSSR count). The van der Waals surface area contributed by atoms with Crippen LogP contribution in [-0.4, -0.2) is 30.2 Å². The summed E-state index contributed by atoms with van der Waals surface area (Å²) in [6.45, 7) is 0. The summed E-state index contributed by atoms with van der Waals surface area (Å²) in [5, 5.41) is 16.6. The van der Waals surface area contributed by atoms with Gasteiger partial charge in [0.1, 0.15) is 11.5 Å². The van der Waals surface area contributed by atoms with E-state index in [4.69, 9.17) is 4.74 Å². The quantitative estimate of drug-likeness (QED) is 0.301. The third kappa shape index (κ3) is 5.93. The summed E-state index contributed by atoms with van der Waals surface area (Å²) < 4.78 is 6.33. The molecule has 158 valence electrons. The van der Waals surface area contributed by atoms with E-state index in [1.165, 1.54) is 6.21 Å². The van der Waals surface area contributed by atoms with Crippen LogP contribution in [0.2, 0.25) is 0 Å². The van der Waals surface area contributed by atoms with Gasteiger partial charge in [0.2, 0.25) is 0 Å². The second-order valence-corrected chi connectivity index (χ2v) is 8.05. The Morgan fingerprint density at radius 3 is 2.23 bits per heavy atom. The lowest BCUT2D eigenvalue weighted by Crippen LogP contribution is -2.18. The number of methoxy groups -OCH3 is 1. The van der Waals surface area contributed by atoms with E-state index in [2.05, 4.69) is 47.7 Å². The highest BCUT2D eigenvalue weighted by atomic mass is 79.9. The zero-order valence-electron chi connectivity index (χ0n) is 16.2. The first-order valence-corrected chi connectivity index (χ1v) is 10.5. The molecule has 0 aliphatic rings. The molecule has 0 atom stereocenters. The molecule has 0 fully saturated rings. The van der Waals surface area contributed by atoms with Crippen molar-refractivity contribution in [2.75, 3.05) is 12.4 Å². The van der Waals surface area contributed by atoms with Gasteiger partial charge in [-0.2, -0.15) is 5.10 Å². The van der Waals surface area contributed by atoms with Crippen LogP contribution in [0.3, 0.4) is 0 Å². The first-order chi connectivity index (χ1) is 14.9. The van der Waals surface area contributed by atoms with E-state index in [9.17, 15) is 14.7 Å². The molecule has 0 radical (unpaired) electrons. The van der Waals surface area contributed by atoms with Crippen LogP contribution in [0.5, 0.6) is 11.5 Å². The Kier molecular flexibility index (Phi) is 7.43. The van der Waals surface area contributed by atoms with Gasteiger partial charge < -0.3 is 15.2 Å². The highest BCUT2D eigenvalue weighted by molar-refractivity contribution is 9.11. The SMILES string of the molecule is COc1ccc(C(=O)Nc2ccc(C(=O)N/N=C/c3cc(Br)cc(Br)c3O)cc2)cc1. The van der Waals surface area contributed by atoms with E-state index in [0.717, 1.165) is 4.47 Å². The predicted molar refractivity (Wildman–Crippen MR) is 126 cm³/mol. The van der Waals surface area contributed by atoms with Crippen molar-refractivity contribution in [3.63, 3.8) is 0 Å². The lowest BCUT2D eigenvalue weighted by molar-refractivity contribution is 0.0954. The summed E-state index contributed by atoms with van der Waals surface area (Å²) in [7, 11) is 1.56. The van der Waals surface area contributed by atoms with E-state index in [1.54, 1.807) is 67.8 Å². The molecular formula is C22H17Br2N3O4. The Balaban J connectivity index is 1.60. The van der Waals surface area contributed by atoms with Crippen molar-refractivity contribution in [2.45, 2.75) is 0 Å². The maximum absolute atomic E-state index is 12.3. The number of anilines is 1. The Morgan fingerprint density at radius 2 is 1.58 bits per heavy atom. The molecule has 2 amide bonds. The Hall–Kier alpha value is -3.17. The van der Waals surface area contributed by atoms with Crippen LogP contribution in [-0.2, 0) is 0 Å². The van der Waals surface area contributed by atoms with Gasteiger partial charge in [-0.25, -0.2) is 5.43 Å². The van der Waals surface area contributed by atoms with Gasteiger partial charge in [-0.05, 0) is 76.6 Å². The lowest BCUT2D eigenvalue weighted by atomic mass is 10.1. The highest BCUT2D eigenvalue weighted by Gasteiger charge is 2.09. The van der Waals surface area contributed by atoms with Crippen LogP contribution in [0.25, 0.3) is 0 Å². The Bertz CT molecular complexity index is 1130. The van der Waals surface area contributed by atoms with Crippen molar-refractivity contribution in [1.29, 1.82) is 0 Å². The monoisotopic (exact) mass is 545 g/mol. The summed E-state index contributed by atoms with van der Waals surface area (Å²) in [6.07, 6.45) is 1.34. The average Bonchev–Trinajstić information content (AvgIpc) is 2.77. The van der Waals surface area contributed by atoms with Crippen molar-refractivity contribution in [3.05, 3.63) is 86.3 Å². The molecule has 0 heterocycles. The smallest absolute Gasteiger partial charge is 0.271 e. The van der Waals surface area contributed by atoms with E-state index in [-0.39, 0.29) is 11.7 Å². The van der Waals surface area contributed by atoms with Gasteiger partial charge in [-0.1, -0.05) is 15.9 Å². The van der Waals surface area contributed by atoms with Gasteiger partial charge >= 0.3 is 0 Å². The van der Waals surface area contributed by atoms with E-state index in [1.807, 2.05) is 0 Å². The number of amides is 2. The molecule has 9 heteroatoms. The first-order valence-electron chi connectivity index (χ1n) is 8.94. The Labute approximate surface area is 195 Å². The number of ether oxygens (including phenoxy) is 1. The topological polar surface area (TPSA) is 100 Å². The number of benzene rings is 3. The summed E-state index contributed by atoms with van der Waals surface area (Å²) in [5.74, 6) is -0.0299. The van der Waals surface area contributed by atoms with Gasteiger partial charge in [0.25, 0.3) is 11.8 Å². The number of phenolic OH excluding ortho intramolecular Hbond substituents is 1. The molecule has 0 aliphatic carbocycles. The predicted octanol–water partition coefficient (Wildman–Crippen LogP) is 4.94. The fourth-order valence-electron chi connectivity index (χ4n) is 2.56. The number of halogens is 2. The van der Waals surface area contributed by atoms with E-state index < -0.39 is 5.91 Å². The minimum atomic E-state index is -0.433. The summed E-state index contributed by atoms with van der Waals surface area (Å²) in [5.41, 5.74) is 4.22. The van der Waals surface area contributed by atoms with Gasteiger partial charge in [-0.15, -0.1) is 0 Å². The summed E-state index contributed by atoms with van der Waals surface area (Å²) in [4.78, 5) is 24.6. The minimum Gasteiger partial charge on any atom is -0.506 e. The largest absolute Gasteiger partial charge is 0.506 e. The van der Waals surface area contributed by atoms with Gasteiger partial charge in [0.15, 0.2) is 0 Å². The maximum Gasteiger partial charge on any atom is 0.271 e. The number of hydrogen-bond donors (Lipinski definition) is 3. The summed E-state index contributed by atoms with van der Waals surface area (Å²) >= 11 is 6.56. The molecule has 31 heavy (non-hydrogen) atoms. The lowest BCUT2D eigenvalue weighted by Gasteiger charge is -2.07. The molecule has 7 nitrogen and oxygen atoms in total. The molecule has 0 spiro atoms. The van der Waals surface area contributed by atoms with Gasteiger partial charge in [-0.3, -0.25) is 9.59 Å². The second-order valence-electron chi connectivity index (χ2n) is 6.28. The van der Waals surface area contributed by atoms with E-state index >= 15 is 0 Å². The fraction of sp³-hybridized carbons (Fsp3) is 0.0455. The average molecular weight is 547 g/mol. The first kappa shape index (κ1) is 22.5. The molecule has 0 saturated heterocycles. The zero-order valence-corrected chi connectivity index (χ0v) is 19.4. The third-order valence-electron chi connectivity index (χ3n) is 4.18. The van der Waals surface area contributed by atoms with Gasteiger partial charge in [0.05, 0.1) is 17.8 Å². The number of nitrogens with one attached hydrogen (secondary N) is 2. The molecule has 0 aliphatic heterocycles. The highest BCUT2D eigenvalue weighted by Crippen LogP contribution is 2.30. The molecule has 0 bridgehead atoms. The number of hydrazone groups is 1. The van der Waals surface area contributed by atoms with Gasteiger partial charge in [0, 0.05) is 26.9 Å². The van der Waals surface area contributed by atoms with Crippen LogP contribution < -0.4 is 15.5 Å². The second kappa shape index (κ2) is 10.2. The van der Waals surface area contributed by atoms with Crippen LogP contribution in [0.1, 0.15) is 26.3 Å². The molecule has 0 aromatic heterocycles. The number of carbonyl (C=O) groups is 2. The molecule has 0 unspecified atom stereocenters. The minimum absolute atomic E-state index is 0.0122. The van der Waals surface area contributed by atoms with Crippen molar-refractivity contribution in [1.82, 2.24) is 5.43 Å². The number of hydrogen-bond acceptors (Lipinski definition) is 5. The molecule has 0 saturated carbocycles. The van der Waals surface area contributed by atoms with Crippen molar-refractivity contribution in [3.8, 4) is 11.5 Å². The zero-order chi connectivity index (χ0) is 22.4.